The van der Waals surface area contributed by atoms with Crippen LogP contribution in [-0.4, -0.2) is 6.54 Å². The Morgan fingerprint density at radius 2 is 2.00 bits per heavy atom. The summed E-state index contributed by atoms with van der Waals surface area (Å²) in [5, 5.41) is 5.39. The number of halogens is 3. The Bertz CT molecular complexity index is 652. The summed E-state index contributed by atoms with van der Waals surface area (Å²) in [6.07, 6.45) is 4.43. The maximum atomic E-state index is 6.54. The quantitative estimate of drug-likeness (QED) is 0.756. The van der Waals surface area contributed by atoms with Crippen LogP contribution in [0.5, 0.6) is 0 Å². The first kappa shape index (κ1) is 14.3. The highest BCUT2D eigenvalue weighted by Crippen LogP contribution is 2.48. The zero-order valence-electron chi connectivity index (χ0n) is 10.7. The van der Waals surface area contributed by atoms with E-state index < -0.39 is 0 Å². The van der Waals surface area contributed by atoms with Crippen LogP contribution in [0.4, 0.5) is 0 Å². The van der Waals surface area contributed by atoms with Crippen LogP contribution in [-0.2, 0) is 19.3 Å². The van der Waals surface area contributed by atoms with Gasteiger partial charge < -0.3 is 9.73 Å². The van der Waals surface area contributed by atoms with E-state index in [4.69, 9.17) is 27.6 Å². The molecule has 1 atom stereocenters. The van der Waals surface area contributed by atoms with E-state index in [1.807, 2.05) is 12.1 Å². The summed E-state index contributed by atoms with van der Waals surface area (Å²) >= 11 is 13.0. The molecule has 0 radical (unpaired) electrons. The van der Waals surface area contributed by atoms with Crippen LogP contribution in [0.3, 0.4) is 0 Å². The Hall–Kier alpha value is -0.670. The average Bonchev–Trinajstić information content (AvgIpc) is 3.07. The summed E-state index contributed by atoms with van der Waals surface area (Å²) in [6.45, 7) is 0.938. The van der Waals surface area contributed by atoms with Gasteiger partial charge in [0.15, 0.2) is 0 Å². The Kier molecular flexibility index (Phi) is 3.76. The van der Waals surface area contributed by atoms with Crippen LogP contribution >= 0.6 is 35.6 Å². The van der Waals surface area contributed by atoms with Crippen molar-refractivity contribution in [1.82, 2.24) is 5.32 Å². The van der Waals surface area contributed by atoms with Crippen molar-refractivity contribution < 1.29 is 4.42 Å². The number of hydrogen-bond acceptors (Lipinski definition) is 2. The fraction of sp³-hybridized carbons (Fsp3) is 0.333. The molecule has 4 rings (SSSR count). The maximum Gasteiger partial charge on any atom is 0.105 e. The Morgan fingerprint density at radius 3 is 2.75 bits per heavy atom. The number of rotatable bonds is 2. The van der Waals surface area contributed by atoms with Gasteiger partial charge in [0.1, 0.15) is 5.76 Å². The summed E-state index contributed by atoms with van der Waals surface area (Å²) in [5.41, 5.74) is 4.91. The molecular weight excluding hydrogens is 317 g/mol. The van der Waals surface area contributed by atoms with Crippen molar-refractivity contribution in [1.29, 1.82) is 0 Å². The summed E-state index contributed by atoms with van der Waals surface area (Å²) < 4.78 is 5.45. The SMILES string of the molecule is Cl.Clc1c2c(c(Cl)c3c1CCNC3Cc1ccco1)C2. The Labute approximate surface area is 133 Å². The van der Waals surface area contributed by atoms with Crippen LogP contribution in [0.1, 0.15) is 34.1 Å². The number of furan rings is 1. The second-order valence-electron chi connectivity index (χ2n) is 5.19. The van der Waals surface area contributed by atoms with Crippen molar-refractivity contribution in [3.8, 4) is 0 Å². The van der Waals surface area contributed by atoms with Crippen LogP contribution in [0, 0.1) is 0 Å². The third-order valence-electron chi connectivity index (χ3n) is 4.05. The van der Waals surface area contributed by atoms with Gasteiger partial charge in [0.25, 0.3) is 0 Å². The van der Waals surface area contributed by atoms with Gasteiger partial charge in [-0.05, 0) is 47.4 Å². The van der Waals surface area contributed by atoms with Crippen molar-refractivity contribution in [2.45, 2.75) is 25.3 Å². The Balaban J connectivity index is 0.00000121. The average molecular weight is 331 g/mol. The van der Waals surface area contributed by atoms with E-state index in [1.165, 1.54) is 22.3 Å². The zero-order chi connectivity index (χ0) is 13.0. The number of nitrogens with one attached hydrogen (secondary N) is 1. The normalized spacial score (nSPS) is 19.0. The topological polar surface area (TPSA) is 25.2 Å². The van der Waals surface area contributed by atoms with Crippen molar-refractivity contribution in [2.24, 2.45) is 0 Å². The molecule has 0 saturated carbocycles. The molecule has 1 aliphatic heterocycles. The van der Waals surface area contributed by atoms with Gasteiger partial charge in [-0.25, -0.2) is 0 Å². The molecule has 0 bridgehead atoms. The van der Waals surface area contributed by atoms with E-state index in [-0.39, 0.29) is 18.4 Å². The van der Waals surface area contributed by atoms with E-state index in [0.717, 1.165) is 41.6 Å². The summed E-state index contributed by atoms with van der Waals surface area (Å²) in [5.74, 6) is 0.974. The highest BCUT2D eigenvalue weighted by Gasteiger charge is 2.34. The molecule has 0 spiro atoms. The molecule has 106 valence electrons. The van der Waals surface area contributed by atoms with Gasteiger partial charge in [-0.15, -0.1) is 12.4 Å². The predicted molar refractivity (Wildman–Crippen MR) is 83.4 cm³/mol. The minimum absolute atomic E-state index is 0. The Morgan fingerprint density at radius 1 is 1.20 bits per heavy atom. The first-order valence-electron chi connectivity index (χ1n) is 6.53. The van der Waals surface area contributed by atoms with E-state index in [9.17, 15) is 0 Å². The molecule has 2 nitrogen and oxygen atoms in total. The molecule has 2 aliphatic rings. The predicted octanol–water partition coefficient (Wildman–Crippen LogP) is 4.34. The van der Waals surface area contributed by atoms with Gasteiger partial charge in [0.2, 0.25) is 0 Å². The largest absolute Gasteiger partial charge is 0.469 e. The number of benzene rings is 1. The molecule has 1 unspecified atom stereocenters. The van der Waals surface area contributed by atoms with E-state index in [1.54, 1.807) is 6.26 Å². The molecule has 20 heavy (non-hydrogen) atoms. The van der Waals surface area contributed by atoms with Gasteiger partial charge >= 0.3 is 0 Å². The lowest BCUT2D eigenvalue weighted by atomic mass is 9.91. The van der Waals surface area contributed by atoms with E-state index in [2.05, 4.69) is 5.32 Å². The first-order chi connectivity index (χ1) is 9.25. The van der Waals surface area contributed by atoms with Crippen molar-refractivity contribution in [3.05, 3.63) is 56.5 Å². The van der Waals surface area contributed by atoms with Gasteiger partial charge in [-0.1, -0.05) is 23.2 Å². The zero-order valence-corrected chi connectivity index (χ0v) is 13.0. The lowest BCUT2D eigenvalue weighted by Gasteiger charge is -2.28. The van der Waals surface area contributed by atoms with Crippen LogP contribution in [0.2, 0.25) is 10.0 Å². The fourth-order valence-electron chi connectivity index (χ4n) is 3.03. The molecule has 1 aromatic heterocycles. The van der Waals surface area contributed by atoms with Gasteiger partial charge in [-0.3, -0.25) is 0 Å². The maximum absolute atomic E-state index is 6.54. The van der Waals surface area contributed by atoms with Gasteiger partial charge in [0, 0.05) is 28.9 Å². The second kappa shape index (κ2) is 5.27. The van der Waals surface area contributed by atoms with Crippen molar-refractivity contribution in [2.75, 3.05) is 6.54 Å². The minimum atomic E-state index is 0. The highest BCUT2D eigenvalue weighted by molar-refractivity contribution is 6.36. The molecule has 1 aromatic carbocycles. The monoisotopic (exact) mass is 329 g/mol. The lowest BCUT2D eigenvalue weighted by molar-refractivity contribution is 0.437. The molecule has 1 N–H and O–H groups in total. The van der Waals surface area contributed by atoms with Crippen molar-refractivity contribution >= 4 is 35.6 Å². The molecule has 1 aliphatic carbocycles. The van der Waals surface area contributed by atoms with Gasteiger partial charge in [0.05, 0.1) is 6.26 Å². The molecule has 0 amide bonds. The summed E-state index contributed by atoms with van der Waals surface area (Å²) in [7, 11) is 0. The van der Waals surface area contributed by atoms with E-state index in [0.29, 0.717) is 0 Å². The summed E-state index contributed by atoms with van der Waals surface area (Å²) in [6, 6.07) is 4.12. The molecular formula is C15H14Cl3NO. The number of hydrogen-bond donors (Lipinski definition) is 1. The fourth-order valence-corrected chi connectivity index (χ4v) is 3.84. The second-order valence-corrected chi connectivity index (χ2v) is 5.95. The first-order valence-corrected chi connectivity index (χ1v) is 7.28. The van der Waals surface area contributed by atoms with Crippen LogP contribution < -0.4 is 5.32 Å². The smallest absolute Gasteiger partial charge is 0.105 e. The van der Waals surface area contributed by atoms with E-state index >= 15 is 0 Å². The third-order valence-corrected chi connectivity index (χ3v) is 4.94. The summed E-state index contributed by atoms with van der Waals surface area (Å²) in [4.78, 5) is 0. The van der Waals surface area contributed by atoms with Crippen LogP contribution in [0.25, 0.3) is 0 Å². The standard InChI is InChI=1S/C15H13Cl2NO.ClH/c16-14-9-3-4-18-12(6-8-2-1-5-19-8)13(9)15(17)11-7-10(11)14;/h1-2,5,12,18H,3-4,6-7H2;1H. The highest BCUT2D eigenvalue weighted by atomic mass is 35.5. The minimum Gasteiger partial charge on any atom is -0.469 e. The lowest BCUT2D eigenvalue weighted by Crippen LogP contribution is -2.31. The molecule has 2 aromatic rings. The van der Waals surface area contributed by atoms with Gasteiger partial charge in [-0.2, -0.15) is 0 Å². The molecule has 0 fully saturated rings. The van der Waals surface area contributed by atoms with Crippen LogP contribution in [0.15, 0.2) is 22.8 Å². The number of fused-ring (bicyclic) bond motifs is 2. The van der Waals surface area contributed by atoms with Crippen molar-refractivity contribution in [3.63, 3.8) is 0 Å². The molecule has 0 saturated heterocycles. The molecule has 5 heteroatoms. The third kappa shape index (κ3) is 2.15. The molecule has 2 heterocycles.